The number of nitrogens with one attached hydrogen (secondary N) is 2. The molecule has 0 radical (unpaired) electrons. The second-order valence-corrected chi connectivity index (χ2v) is 3.46. The molecule has 1 aliphatic rings. The third kappa shape index (κ3) is 4.35. The van der Waals surface area contributed by atoms with Gasteiger partial charge < -0.3 is 16.4 Å². The Morgan fingerprint density at radius 2 is 2.15 bits per heavy atom. The summed E-state index contributed by atoms with van der Waals surface area (Å²) in [7, 11) is 0. The summed E-state index contributed by atoms with van der Waals surface area (Å²) in [6.07, 6.45) is 2.29. The van der Waals surface area contributed by atoms with Crippen molar-refractivity contribution in [3.63, 3.8) is 0 Å². The predicted octanol–water partition coefficient (Wildman–Crippen LogP) is -0.288. The summed E-state index contributed by atoms with van der Waals surface area (Å²) >= 11 is 0. The van der Waals surface area contributed by atoms with Gasteiger partial charge in [0.2, 0.25) is 5.91 Å². The minimum Gasteiger partial charge on any atom is -0.370 e. The highest BCUT2D eigenvalue weighted by atomic mass is 16.2. The average Bonchev–Trinajstić information content (AvgIpc) is 2.67. The van der Waals surface area contributed by atoms with Crippen LogP contribution >= 0.6 is 0 Å². The third-order valence-corrected chi connectivity index (χ3v) is 1.80. The van der Waals surface area contributed by atoms with Gasteiger partial charge in [0.05, 0.1) is 0 Å². The van der Waals surface area contributed by atoms with Crippen LogP contribution in [0.5, 0.6) is 0 Å². The molecule has 13 heavy (non-hydrogen) atoms. The Morgan fingerprint density at radius 3 is 2.62 bits per heavy atom. The zero-order chi connectivity index (χ0) is 9.84. The summed E-state index contributed by atoms with van der Waals surface area (Å²) in [5.74, 6) is -0.403. The Hall–Kier alpha value is -1.26. The number of hydrogen-bond donors (Lipinski definition) is 3. The second kappa shape index (κ2) is 4.11. The van der Waals surface area contributed by atoms with E-state index < -0.39 is 5.91 Å². The lowest BCUT2D eigenvalue weighted by molar-refractivity contribution is -0.118. The molecule has 3 amide bonds. The number of carbonyl (C=O) groups is 2. The fraction of sp³-hybridized carbons (Fsp3) is 0.750. The molecule has 0 aromatic carbocycles. The van der Waals surface area contributed by atoms with Crippen LogP contribution in [0.2, 0.25) is 0 Å². The van der Waals surface area contributed by atoms with E-state index in [0.29, 0.717) is 6.04 Å². The van der Waals surface area contributed by atoms with E-state index in [1.807, 2.05) is 0 Å². The van der Waals surface area contributed by atoms with Gasteiger partial charge in [0.1, 0.15) is 0 Å². The molecular weight excluding hydrogens is 170 g/mol. The van der Waals surface area contributed by atoms with Crippen LogP contribution in [0.4, 0.5) is 4.79 Å². The van der Waals surface area contributed by atoms with Crippen molar-refractivity contribution in [3.05, 3.63) is 0 Å². The summed E-state index contributed by atoms with van der Waals surface area (Å²) in [5.41, 5.74) is 4.97. The van der Waals surface area contributed by atoms with Gasteiger partial charge in [0, 0.05) is 18.5 Å². The lowest BCUT2D eigenvalue weighted by atomic mass is 10.2. The van der Waals surface area contributed by atoms with Crippen LogP contribution in [0.1, 0.15) is 26.2 Å². The molecular formula is C8H15N3O2. The molecule has 0 saturated heterocycles. The van der Waals surface area contributed by atoms with E-state index in [0.717, 1.165) is 12.8 Å². The Morgan fingerprint density at radius 1 is 1.54 bits per heavy atom. The van der Waals surface area contributed by atoms with Gasteiger partial charge in [-0.3, -0.25) is 4.79 Å². The normalized spacial score (nSPS) is 17.6. The molecule has 0 aromatic heterocycles. The van der Waals surface area contributed by atoms with Crippen LogP contribution in [0, 0.1) is 0 Å². The Kier molecular flexibility index (Phi) is 3.11. The molecule has 4 N–H and O–H groups in total. The van der Waals surface area contributed by atoms with E-state index in [1.165, 1.54) is 0 Å². The van der Waals surface area contributed by atoms with E-state index in [-0.39, 0.29) is 18.5 Å². The Bertz CT molecular complexity index is 213. The molecule has 1 aliphatic carbocycles. The van der Waals surface area contributed by atoms with Crippen molar-refractivity contribution in [3.8, 4) is 0 Å². The first-order chi connectivity index (χ1) is 6.08. The highest BCUT2D eigenvalue weighted by Crippen LogP contribution is 2.18. The Balaban J connectivity index is 2.13. The van der Waals surface area contributed by atoms with E-state index in [9.17, 15) is 9.59 Å². The maximum Gasteiger partial charge on any atom is 0.315 e. The quantitative estimate of drug-likeness (QED) is 0.562. The summed E-state index contributed by atoms with van der Waals surface area (Å²) in [6.45, 7) is 1.75. The van der Waals surface area contributed by atoms with Crippen LogP contribution < -0.4 is 16.4 Å². The first kappa shape index (κ1) is 9.83. The summed E-state index contributed by atoms with van der Waals surface area (Å²) in [4.78, 5) is 21.6. The zero-order valence-electron chi connectivity index (χ0n) is 7.67. The van der Waals surface area contributed by atoms with Crippen molar-refractivity contribution in [1.82, 2.24) is 10.6 Å². The standard InChI is InChI=1S/C8H15N3O2/c1-5(4-7(9)12)10-8(13)11-6-2-3-6/h5-6H,2-4H2,1H3,(H2,9,12)(H2,10,11,13). The van der Waals surface area contributed by atoms with Gasteiger partial charge in [-0.2, -0.15) is 0 Å². The van der Waals surface area contributed by atoms with E-state index in [1.54, 1.807) is 6.92 Å². The maximum absolute atomic E-state index is 11.1. The molecule has 1 fully saturated rings. The Labute approximate surface area is 77.1 Å². The van der Waals surface area contributed by atoms with E-state index >= 15 is 0 Å². The molecule has 0 spiro atoms. The number of amides is 3. The van der Waals surface area contributed by atoms with Crippen LogP contribution in [-0.2, 0) is 4.79 Å². The molecule has 1 rings (SSSR count). The highest BCUT2D eigenvalue weighted by Gasteiger charge is 2.23. The molecule has 74 valence electrons. The third-order valence-electron chi connectivity index (χ3n) is 1.80. The topological polar surface area (TPSA) is 84.2 Å². The van der Waals surface area contributed by atoms with Crippen LogP contribution in [0.25, 0.3) is 0 Å². The number of hydrogen-bond acceptors (Lipinski definition) is 2. The predicted molar refractivity (Wildman–Crippen MR) is 48.0 cm³/mol. The lowest BCUT2D eigenvalue weighted by Gasteiger charge is -2.12. The van der Waals surface area contributed by atoms with E-state index in [2.05, 4.69) is 10.6 Å². The zero-order valence-corrected chi connectivity index (χ0v) is 7.67. The second-order valence-electron chi connectivity index (χ2n) is 3.46. The van der Waals surface area contributed by atoms with Crippen LogP contribution in [0.3, 0.4) is 0 Å². The van der Waals surface area contributed by atoms with Crippen LogP contribution in [0.15, 0.2) is 0 Å². The minimum absolute atomic E-state index is 0.179. The van der Waals surface area contributed by atoms with Crippen molar-refractivity contribution in [1.29, 1.82) is 0 Å². The summed E-state index contributed by atoms with van der Waals surface area (Å²) in [5, 5.41) is 5.39. The SMILES string of the molecule is CC(CC(N)=O)NC(=O)NC1CC1. The summed E-state index contributed by atoms with van der Waals surface area (Å²) < 4.78 is 0. The van der Waals surface area contributed by atoms with Crippen molar-refractivity contribution >= 4 is 11.9 Å². The molecule has 0 bridgehead atoms. The van der Waals surface area contributed by atoms with Gasteiger partial charge in [-0.05, 0) is 19.8 Å². The molecule has 0 heterocycles. The van der Waals surface area contributed by atoms with Gasteiger partial charge in [-0.15, -0.1) is 0 Å². The number of primary amides is 1. The molecule has 1 atom stereocenters. The van der Waals surface area contributed by atoms with Gasteiger partial charge >= 0.3 is 6.03 Å². The van der Waals surface area contributed by atoms with Gasteiger partial charge in [-0.1, -0.05) is 0 Å². The molecule has 5 heteroatoms. The molecule has 5 nitrogen and oxygen atoms in total. The smallest absolute Gasteiger partial charge is 0.315 e. The fourth-order valence-electron chi connectivity index (χ4n) is 1.03. The number of rotatable bonds is 4. The largest absolute Gasteiger partial charge is 0.370 e. The minimum atomic E-state index is -0.403. The van der Waals surface area contributed by atoms with Gasteiger partial charge in [-0.25, -0.2) is 4.79 Å². The number of carbonyl (C=O) groups excluding carboxylic acids is 2. The first-order valence-corrected chi connectivity index (χ1v) is 4.43. The monoisotopic (exact) mass is 185 g/mol. The highest BCUT2D eigenvalue weighted by molar-refractivity contribution is 5.77. The van der Waals surface area contributed by atoms with Crippen molar-refractivity contribution in [2.45, 2.75) is 38.3 Å². The number of urea groups is 1. The number of nitrogens with two attached hydrogens (primary N) is 1. The van der Waals surface area contributed by atoms with Crippen molar-refractivity contribution in [2.24, 2.45) is 5.73 Å². The summed E-state index contributed by atoms with van der Waals surface area (Å²) in [6, 6.07) is -0.0757. The van der Waals surface area contributed by atoms with Gasteiger partial charge in [0.25, 0.3) is 0 Å². The van der Waals surface area contributed by atoms with E-state index in [4.69, 9.17) is 5.73 Å². The average molecular weight is 185 g/mol. The maximum atomic E-state index is 11.1. The van der Waals surface area contributed by atoms with Crippen molar-refractivity contribution < 1.29 is 9.59 Å². The fourth-order valence-corrected chi connectivity index (χ4v) is 1.03. The van der Waals surface area contributed by atoms with Crippen LogP contribution in [-0.4, -0.2) is 24.0 Å². The molecule has 1 saturated carbocycles. The first-order valence-electron chi connectivity index (χ1n) is 4.43. The molecule has 0 aliphatic heterocycles. The lowest BCUT2D eigenvalue weighted by Crippen LogP contribution is -2.43. The molecule has 1 unspecified atom stereocenters. The van der Waals surface area contributed by atoms with Gasteiger partial charge in [0.15, 0.2) is 0 Å². The molecule has 0 aromatic rings. The van der Waals surface area contributed by atoms with Crippen molar-refractivity contribution in [2.75, 3.05) is 0 Å².